The molecule has 0 saturated carbocycles. The Morgan fingerprint density at radius 3 is 2.37 bits per heavy atom. The zero-order valence-corrected chi connectivity index (χ0v) is 10.5. The van der Waals surface area contributed by atoms with Crippen LogP contribution < -0.4 is 5.32 Å². The average Bonchev–Trinajstić information content (AvgIpc) is 2.23. The van der Waals surface area contributed by atoms with Gasteiger partial charge in [-0.25, -0.2) is 13.2 Å². The summed E-state index contributed by atoms with van der Waals surface area (Å²) < 4.78 is 60.8. The molecule has 1 rings (SSSR count). The number of carbonyl (C=O) groups is 1. The van der Waals surface area contributed by atoms with Gasteiger partial charge in [0.25, 0.3) is 0 Å². The molecule has 0 aromatic heterocycles. The SMILES string of the molecule is CS(=O)(=O)c1ccc(CNC(=O)O)cc1C(F)(F)F. The lowest BCUT2D eigenvalue weighted by Gasteiger charge is -2.13. The maximum Gasteiger partial charge on any atom is 0.417 e. The van der Waals surface area contributed by atoms with Crippen LogP contribution >= 0.6 is 0 Å². The predicted octanol–water partition coefficient (Wildman–Crippen LogP) is 1.88. The molecule has 1 aromatic carbocycles. The summed E-state index contributed by atoms with van der Waals surface area (Å²) in [7, 11) is -4.02. The third-order valence-corrected chi connectivity index (χ3v) is 3.35. The average molecular weight is 297 g/mol. The minimum absolute atomic E-state index is 0.0159. The highest BCUT2D eigenvalue weighted by molar-refractivity contribution is 7.90. The Bertz CT molecular complexity index is 595. The van der Waals surface area contributed by atoms with Gasteiger partial charge in [-0.1, -0.05) is 6.07 Å². The minimum Gasteiger partial charge on any atom is -0.465 e. The molecule has 1 aromatic rings. The number of benzene rings is 1. The van der Waals surface area contributed by atoms with Crippen LogP contribution in [0, 0.1) is 0 Å². The summed E-state index contributed by atoms with van der Waals surface area (Å²) in [6.45, 7) is -0.345. The third kappa shape index (κ3) is 4.12. The van der Waals surface area contributed by atoms with Crippen molar-refractivity contribution in [3.05, 3.63) is 29.3 Å². The van der Waals surface area contributed by atoms with Crippen LogP contribution in [0.5, 0.6) is 0 Å². The fourth-order valence-corrected chi connectivity index (χ4v) is 2.30. The summed E-state index contributed by atoms with van der Waals surface area (Å²) in [6, 6.07) is 2.56. The first kappa shape index (κ1) is 15.3. The van der Waals surface area contributed by atoms with Crippen molar-refractivity contribution in [3.8, 4) is 0 Å². The standard InChI is InChI=1S/C10H10F3NO4S/c1-19(17,18)8-3-2-6(5-14-9(15)16)4-7(8)10(11,12)13/h2-4,14H,5H2,1H3,(H,15,16). The molecule has 0 heterocycles. The van der Waals surface area contributed by atoms with Crippen LogP contribution in [0.4, 0.5) is 18.0 Å². The van der Waals surface area contributed by atoms with E-state index in [9.17, 15) is 26.4 Å². The van der Waals surface area contributed by atoms with Crippen molar-refractivity contribution in [3.63, 3.8) is 0 Å². The summed E-state index contributed by atoms with van der Waals surface area (Å²) >= 11 is 0. The summed E-state index contributed by atoms with van der Waals surface area (Å²) in [5, 5.41) is 10.3. The Labute approximate surface area is 107 Å². The molecule has 5 nitrogen and oxygen atoms in total. The molecular weight excluding hydrogens is 287 g/mol. The lowest BCUT2D eigenvalue weighted by molar-refractivity contribution is -0.139. The van der Waals surface area contributed by atoms with Gasteiger partial charge >= 0.3 is 12.3 Å². The Kier molecular flexibility index (Phi) is 4.09. The van der Waals surface area contributed by atoms with Gasteiger partial charge in [0, 0.05) is 12.8 Å². The molecular formula is C10H10F3NO4S. The van der Waals surface area contributed by atoms with Crippen molar-refractivity contribution in [1.29, 1.82) is 0 Å². The second-order valence-corrected chi connectivity index (χ2v) is 5.74. The number of hydrogen-bond donors (Lipinski definition) is 2. The summed E-state index contributed by atoms with van der Waals surface area (Å²) in [5.74, 6) is 0. The van der Waals surface area contributed by atoms with Gasteiger partial charge < -0.3 is 10.4 Å². The van der Waals surface area contributed by atoms with E-state index in [1.54, 1.807) is 0 Å². The van der Waals surface area contributed by atoms with E-state index >= 15 is 0 Å². The molecule has 0 aliphatic carbocycles. The molecule has 0 atom stereocenters. The molecule has 0 unspecified atom stereocenters. The second-order valence-electron chi connectivity index (χ2n) is 3.76. The largest absolute Gasteiger partial charge is 0.465 e. The highest BCUT2D eigenvalue weighted by atomic mass is 32.2. The van der Waals surface area contributed by atoms with Gasteiger partial charge in [0.1, 0.15) is 0 Å². The fourth-order valence-electron chi connectivity index (χ4n) is 1.41. The molecule has 0 aliphatic heterocycles. The highest BCUT2D eigenvalue weighted by Crippen LogP contribution is 2.34. The van der Waals surface area contributed by atoms with E-state index in [0.717, 1.165) is 12.1 Å². The summed E-state index contributed by atoms with van der Waals surface area (Å²) in [4.78, 5) is 9.42. The van der Waals surface area contributed by atoms with E-state index in [1.807, 2.05) is 5.32 Å². The lowest BCUT2D eigenvalue weighted by Crippen LogP contribution is -2.21. The summed E-state index contributed by atoms with van der Waals surface area (Å²) in [6.07, 6.45) is -5.55. The molecule has 106 valence electrons. The van der Waals surface area contributed by atoms with Crippen molar-refractivity contribution in [2.45, 2.75) is 17.6 Å². The monoisotopic (exact) mass is 297 g/mol. The van der Waals surface area contributed by atoms with Gasteiger partial charge in [-0.05, 0) is 17.7 Å². The molecule has 0 saturated heterocycles. The van der Waals surface area contributed by atoms with Crippen LogP contribution in [0.25, 0.3) is 0 Å². The van der Waals surface area contributed by atoms with E-state index in [-0.39, 0.29) is 12.1 Å². The van der Waals surface area contributed by atoms with Crippen molar-refractivity contribution in [2.75, 3.05) is 6.26 Å². The van der Waals surface area contributed by atoms with Crippen LogP contribution in [0.2, 0.25) is 0 Å². The summed E-state index contributed by atoms with van der Waals surface area (Å²) in [5.41, 5.74) is -1.29. The van der Waals surface area contributed by atoms with E-state index in [4.69, 9.17) is 5.11 Å². The van der Waals surface area contributed by atoms with Gasteiger partial charge in [-0.15, -0.1) is 0 Å². The van der Waals surface area contributed by atoms with Crippen LogP contribution in [0.15, 0.2) is 23.1 Å². The van der Waals surface area contributed by atoms with Crippen molar-refractivity contribution in [2.24, 2.45) is 0 Å². The second kappa shape index (κ2) is 5.08. The van der Waals surface area contributed by atoms with Gasteiger partial charge in [0.2, 0.25) is 0 Å². The molecule has 0 spiro atoms. The van der Waals surface area contributed by atoms with Gasteiger partial charge in [0.15, 0.2) is 9.84 Å². The molecule has 0 bridgehead atoms. The zero-order chi connectivity index (χ0) is 14.8. The normalized spacial score (nSPS) is 12.2. The molecule has 0 radical (unpaired) electrons. The van der Waals surface area contributed by atoms with Gasteiger partial charge in [-0.2, -0.15) is 13.2 Å². The van der Waals surface area contributed by atoms with Crippen LogP contribution in [0.1, 0.15) is 11.1 Å². The first-order valence-electron chi connectivity index (χ1n) is 4.89. The van der Waals surface area contributed by atoms with Gasteiger partial charge in [-0.3, -0.25) is 0 Å². The maximum absolute atomic E-state index is 12.8. The fraction of sp³-hybridized carbons (Fsp3) is 0.300. The Hall–Kier alpha value is -1.77. The first-order valence-corrected chi connectivity index (χ1v) is 6.78. The van der Waals surface area contributed by atoms with Crippen LogP contribution in [0.3, 0.4) is 0 Å². The Morgan fingerprint density at radius 2 is 1.95 bits per heavy atom. The predicted molar refractivity (Wildman–Crippen MR) is 59.4 cm³/mol. The van der Waals surface area contributed by atoms with Crippen molar-refractivity contribution in [1.82, 2.24) is 5.32 Å². The smallest absolute Gasteiger partial charge is 0.417 e. The van der Waals surface area contributed by atoms with E-state index in [2.05, 4.69) is 0 Å². The van der Waals surface area contributed by atoms with Crippen molar-refractivity contribution < 1.29 is 31.5 Å². The van der Waals surface area contributed by atoms with E-state index in [1.165, 1.54) is 0 Å². The zero-order valence-electron chi connectivity index (χ0n) is 9.65. The number of amides is 1. The molecule has 0 fully saturated rings. The number of hydrogen-bond acceptors (Lipinski definition) is 3. The first-order chi connectivity index (χ1) is 8.51. The topological polar surface area (TPSA) is 83.5 Å². The quantitative estimate of drug-likeness (QED) is 0.892. The molecule has 19 heavy (non-hydrogen) atoms. The number of halogens is 3. The molecule has 1 amide bonds. The third-order valence-electron chi connectivity index (χ3n) is 2.19. The molecule has 9 heteroatoms. The van der Waals surface area contributed by atoms with Crippen molar-refractivity contribution >= 4 is 15.9 Å². The van der Waals surface area contributed by atoms with Crippen LogP contribution in [-0.2, 0) is 22.6 Å². The number of sulfone groups is 1. The Balaban J connectivity index is 3.28. The molecule has 2 N–H and O–H groups in total. The number of carboxylic acid groups (broad SMARTS) is 1. The number of rotatable bonds is 3. The van der Waals surface area contributed by atoms with Crippen LogP contribution in [-0.4, -0.2) is 25.9 Å². The van der Waals surface area contributed by atoms with Gasteiger partial charge in [0.05, 0.1) is 10.5 Å². The molecule has 0 aliphatic rings. The lowest BCUT2D eigenvalue weighted by atomic mass is 10.1. The van der Waals surface area contributed by atoms with E-state index in [0.29, 0.717) is 12.3 Å². The van der Waals surface area contributed by atoms with E-state index < -0.39 is 32.6 Å². The number of alkyl halides is 3. The minimum atomic E-state index is -4.84. The highest BCUT2D eigenvalue weighted by Gasteiger charge is 2.36. The maximum atomic E-state index is 12.8. The number of nitrogens with one attached hydrogen (secondary N) is 1. The Morgan fingerprint density at radius 1 is 1.37 bits per heavy atom.